The first-order chi connectivity index (χ1) is 14.2. The van der Waals surface area contributed by atoms with Gasteiger partial charge in [0, 0.05) is 37.1 Å². The molecule has 2 rings (SSSR count). The summed E-state index contributed by atoms with van der Waals surface area (Å²) in [5.41, 5.74) is -0.0633. The van der Waals surface area contributed by atoms with Crippen LogP contribution in [0.1, 0.15) is 35.2 Å². The summed E-state index contributed by atoms with van der Waals surface area (Å²) in [5, 5.41) is 8.87. The number of nitrogens with zero attached hydrogens (tertiary/aromatic N) is 1. The largest absolute Gasteiger partial charge is 0.494 e. The molecule has 0 spiro atoms. The topological polar surface area (TPSA) is 83.9 Å². The Morgan fingerprint density at radius 3 is 2.37 bits per heavy atom. The molecular formula is C21H20F3NO5. The van der Waals surface area contributed by atoms with Gasteiger partial charge in [-0.15, -0.1) is 0 Å². The quantitative estimate of drug-likeness (QED) is 0.591. The predicted octanol–water partition coefficient (Wildman–Crippen LogP) is 3.58. The van der Waals surface area contributed by atoms with E-state index in [9.17, 15) is 27.6 Å². The van der Waals surface area contributed by atoms with Crippen LogP contribution in [-0.4, -0.2) is 41.3 Å². The van der Waals surface area contributed by atoms with Crippen LogP contribution < -0.4 is 4.74 Å². The standard InChI is InChI=1S/C21H20F3NO5/c1-30-18-7-5-13(11-16(18)23)17(26)6-8-19(27)25(10-9-20(28)29)12-14-3-2-4-15(22)21(14)24/h2-5,7,11H,6,8-10,12H2,1H3,(H,28,29). The Kier molecular flexibility index (Phi) is 7.97. The SMILES string of the molecule is COc1ccc(C(=O)CCC(=O)N(CCC(=O)O)Cc2cccc(F)c2F)cc1F. The van der Waals surface area contributed by atoms with E-state index >= 15 is 0 Å². The summed E-state index contributed by atoms with van der Waals surface area (Å²) in [5.74, 6) is -5.25. The number of Topliss-reactive ketones (excluding diaryl/α,β-unsaturated/α-hetero) is 1. The molecule has 0 radical (unpaired) electrons. The van der Waals surface area contributed by atoms with Crippen molar-refractivity contribution in [1.82, 2.24) is 4.90 Å². The molecule has 0 atom stereocenters. The summed E-state index contributed by atoms with van der Waals surface area (Å²) in [4.78, 5) is 36.7. The number of carboxylic acid groups (broad SMARTS) is 1. The van der Waals surface area contributed by atoms with Crippen LogP contribution in [0, 0.1) is 17.5 Å². The minimum atomic E-state index is -1.17. The van der Waals surface area contributed by atoms with Crippen LogP contribution in [0.25, 0.3) is 0 Å². The van der Waals surface area contributed by atoms with Gasteiger partial charge in [-0.1, -0.05) is 12.1 Å². The fourth-order valence-corrected chi connectivity index (χ4v) is 2.76. The molecule has 0 bridgehead atoms. The van der Waals surface area contributed by atoms with Gasteiger partial charge in [-0.25, -0.2) is 13.2 Å². The van der Waals surface area contributed by atoms with Crippen LogP contribution >= 0.6 is 0 Å². The average Bonchev–Trinajstić information content (AvgIpc) is 2.71. The van der Waals surface area contributed by atoms with Gasteiger partial charge in [-0.2, -0.15) is 0 Å². The maximum atomic E-state index is 13.9. The fraction of sp³-hybridized carbons (Fsp3) is 0.286. The Labute approximate surface area is 170 Å². The van der Waals surface area contributed by atoms with Crippen molar-refractivity contribution in [1.29, 1.82) is 0 Å². The van der Waals surface area contributed by atoms with Crippen molar-refractivity contribution in [3.05, 3.63) is 65.0 Å². The second-order valence-electron chi connectivity index (χ2n) is 6.44. The predicted molar refractivity (Wildman–Crippen MR) is 101 cm³/mol. The first kappa shape index (κ1) is 22.9. The number of carbonyl (C=O) groups is 3. The van der Waals surface area contributed by atoms with E-state index in [0.717, 1.165) is 17.0 Å². The van der Waals surface area contributed by atoms with Gasteiger partial charge >= 0.3 is 5.97 Å². The number of amides is 1. The molecule has 0 aliphatic heterocycles. The second kappa shape index (κ2) is 10.4. The van der Waals surface area contributed by atoms with E-state index < -0.39 is 41.5 Å². The first-order valence-corrected chi connectivity index (χ1v) is 9.02. The number of halogens is 3. The highest BCUT2D eigenvalue weighted by molar-refractivity contribution is 5.98. The van der Waals surface area contributed by atoms with Gasteiger partial charge in [0.05, 0.1) is 13.5 Å². The van der Waals surface area contributed by atoms with Gasteiger partial charge in [0.2, 0.25) is 5.91 Å². The molecule has 0 heterocycles. The molecule has 0 unspecified atom stereocenters. The zero-order valence-corrected chi connectivity index (χ0v) is 16.2. The van der Waals surface area contributed by atoms with Crippen molar-refractivity contribution < 1.29 is 37.4 Å². The molecule has 0 aliphatic carbocycles. The third kappa shape index (κ3) is 6.07. The van der Waals surface area contributed by atoms with Crippen molar-refractivity contribution in [2.75, 3.05) is 13.7 Å². The molecule has 0 aromatic heterocycles. The molecule has 0 saturated carbocycles. The Balaban J connectivity index is 2.07. The summed E-state index contributed by atoms with van der Waals surface area (Å²) in [7, 11) is 1.28. The fourth-order valence-electron chi connectivity index (χ4n) is 2.76. The monoisotopic (exact) mass is 423 g/mol. The second-order valence-corrected chi connectivity index (χ2v) is 6.44. The summed E-state index contributed by atoms with van der Waals surface area (Å²) in [6.45, 7) is -0.587. The van der Waals surface area contributed by atoms with E-state index in [1.54, 1.807) is 0 Å². The molecular weight excluding hydrogens is 403 g/mol. The van der Waals surface area contributed by atoms with Crippen molar-refractivity contribution in [2.45, 2.75) is 25.8 Å². The van der Waals surface area contributed by atoms with E-state index in [0.29, 0.717) is 0 Å². The molecule has 0 saturated heterocycles. The Bertz CT molecular complexity index is 948. The Hall–Kier alpha value is -3.36. The summed E-state index contributed by atoms with van der Waals surface area (Å²) >= 11 is 0. The van der Waals surface area contributed by atoms with Crippen molar-refractivity contribution >= 4 is 17.7 Å². The van der Waals surface area contributed by atoms with Crippen molar-refractivity contribution in [3.8, 4) is 5.75 Å². The van der Waals surface area contributed by atoms with Crippen LogP contribution in [0.15, 0.2) is 36.4 Å². The van der Waals surface area contributed by atoms with Gasteiger partial charge in [-0.05, 0) is 24.3 Å². The zero-order chi connectivity index (χ0) is 22.3. The number of ether oxygens (including phenoxy) is 1. The number of aliphatic carboxylic acids is 1. The summed E-state index contributed by atoms with van der Waals surface area (Å²) in [6, 6.07) is 7.13. The van der Waals surface area contributed by atoms with E-state index in [1.807, 2.05) is 0 Å². The molecule has 1 N–H and O–H groups in total. The van der Waals surface area contributed by atoms with E-state index in [1.165, 1.54) is 31.4 Å². The average molecular weight is 423 g/mol. The Morgan fingerprint density at radius 1 is 1.00 bits per heavy atom. The number of hydrogen-bond donors (Lipinski definition) is 1. The maximum Gasteiger partial charge on any atom is 0.305 e. The van der Waals surface area contributed by atoms with Gasteiger partial charge in [-0.3, -0.25) is 14.4 Å². The molecule has 160 valence electrons. The van der Waals surface area contributed by atoms with Crippen LogP contribution in [0.5, 0.6) is 5.75 Å². The maximum absolute atomic E-state index is 13.9. The van der Waals surface area contributed by atoms with Gasteiger partial charge in [0.15, 0.2) is 29.0 Å². The smallest absolute Gasteiger partial charge is 0.305 e. The molecule has 0 aliphatic rings. The number of carboxylic acids is 1. The third-order valence-electron chi connectivity index (χ3n) is 4.38. The molecule has 2 aromatic rings. The van der Waals surface area contributed by atoms with Gasteiger partial charge in [0.1, 0.15) is 0 Å². The van der Waals surface area contributed by atoms with Crippen LogP contribution in [0.2, 0.25) is 0 Å². The normalized spacial score (nSPS) is 10.5. The lowest BCUT2D eigenvalue weighted by molar-refractivity contribution is -0.138. The number of hydrogen-bond acceptors (Lipinski definition) is 4. The van der Waals surface area contributed by atoms with Crippen molar-refractivity contribution in [2.24, 2.45) is 0 Å². The van der Waals surface area contributed by atoms with E-state index in [2.05, 4.69) is 0 Å². The number of rotatable bonds is 10. The van der Waals surface area contributed by atoms with Crippen molar-refractivity contribution in [3.63, 3.8) is 0 Å². The van der Waals surface area contributed by atoms with Crippen LogP contribution in [0.4, 0.5) is 13.2 Å². The lowest BCUT2D eigenvalue weighted by atomic mass is 10.1. The summed E-state index contributed by atoms with van der Waals surface area (Å²) < 4.78 is 45.9. The lowest BCUT2D eigenvalue weighted by Gasteiger charge is -2.22. The molecule has 1 amide bonds. The molecule has 30 heavy (non-hydrogen) atoms. The Morgan fingerprint density at radius 2 is 1.73 bits per heavy atom. The number of carbonyl (C=O) groups excluding carboxylic acids is 2. The molecule has 9 heteroatoms. The number of benzene rings is 2. The highest BCUT2D eigenvalue weighted by Crippen LogP contribution is 2.20. The van der Waals surface area contributed by atoms with Gasteiger partial charge in [0.25, 0.3) is 0 Å². The summed E-state index contributed by atoms with van der Waals surface area (Å²) in [6.07, 6.45) is -0.969. The van der Waals surface area contributed by atoms with Crippen LogP contribution in [0.3, 0.4) is 0 Å². The third-order valence-corrected chi connectivity index (χ3v) is 4.38. The number of methoxy groups -OCH3 is 1. The minimum Gasteiger partial charge on any atom is -0.494 e. The van der Waals surface area contributed by atoms with E-state index in [4.69, 9.17) is 9.84 Å². The zero-order valence-electron chi connectivity index (χ0n) is 16.2. The minimum absolute atomic E-state index is 0.0282. The molecule has 2 aromatic carbocycles. The van der Waals surface area contributed by atoms with E-state index in [-0.39, 0.29) is 42.8 Å². The highest BCUT2D eigenvalue weighted by atomic mass is 19.2. The van der Waals surface area contributed by atoms with Gasteiger partial charge < -0.3 is 14.7 Å². The highest BCUT2D eigenvalue weighted by Gasteiger charge is 2.20. The molecule has 6 nitrogen and oxygen atoms in total. The van der Waals surface area contributed by atoms with Crippen LogP contribution in [-0.2, 0) is 16.1 Å². The first-order valence-electron chi connectivity index (χ1n) is 9.02. The number of ketones is 1. The molecule has 0 fully saturated rings. The lowest BCUT2D eigenvalue weighted by Crippen LogP contribution is -2.33.